The van der Waals surface area contributed by atoms with Crippen LogP contribution in [0.15, 0.2) is 298 Å². The van der Waals surface area contributed by atoms with Crippen LogP contribution in [0.2, 0.25) is 0 Å². The lowest BCUT2D eigenvalue weighted by Crippen LogP contribution is -1.97. The van der Waals surface area contributed by atoms with E-state index in [0.29, 0.717) is 0 Å². The summed E-state index contributed by atoms with van der Waals surface area (Å²) in [5.74, 6) is 0. The summed E-state index contributed by atoms with van der Waals surface area (Å²) in [5.41, 5.74) is 23.1. The van der Waals surface area contributed by atoms with Gasteiger partial charge in [0.25, 0.3) is 0 Å². The third-order valence-electron chi connectivity index (χ3n) is 18.5. The highest BCUT2D eigenvalue weighted by Crippen LogP contribution is 2.45. The third-order valence-corrected chi connectivity index (χ3v) is 20.9. The number of allylic oxidation sites excluding steroid dienone is 1. The Morgan fingerprint density at radius 1 is 0.289 bits per heavy atom. The van der Waals surface area contributed by atoms with Crippen LogP contribution in [-0.2, 0) is 0 Å². The van der Waals surface area contributed by atoms with E-state index >= 15 is 0 Å². The molecule has 0 aliphatic rings. The smallest absolute Gasteiger partial charge is 0.0542 e. The fourth-order valence-corrected chi connectivity index (χ4v) is 16.7. The maximum atomic E-state index is 4.23. The molecule has 5 heteroatoms. The van der Waals surface area contributed by atoms with E-state index < -0.39 is 0 Å². The van der Waals surface area contributed by atoms with Gasteiger partial charge in [-0.15, -0.1) is 22.7 Å². The van der Waals surface area contributed by atoms with Crippen LogP contribution < -0.4 is 0 Å². The van der Waals surface area contributed by atoms with E-state index in [-0.39, 0.29) is 0 Å². The van der Waals surface area contributed by atoms with Gasteiger partial charge in [-0.25, -0.2) is 0 Å². The normalized spacial score (nSPS) is 12.1. The van der Waals surface area contributed by atoms with Gasteiger partial charge in [0.15, 0.2) is 0 Å². The van der Waals surface area contributed by atoms with Crippen molar-refractivity contribution in [2.75, 3.05) is 0 Å². The molecule has 13 aromatic carbocycles. The standard InChI is InChI=1S/C85H55N3S2/c1-3-20-71-75-51-55(39-42-84(75)89-82(71)4-2)58-44-57(54-22-18-24-62(48-54)86-76-33-11-5-25-66(76)67-26-6-12-34-77(67)86)45-59(46-58)61-47-60(53-21-17-23-56(43-53)65-31-19-32-73-72-30-10-16-38-83(72)90-85(65)73)49-64(50-61)88-80-37-15-9-29-70(80)74-52-63(40-41-81(74)88)87-78-35-13-7-27-68(78)69-28-8-14-36-79(69)87/h3-52H,2H2,1H3/b20-3-. The van der Waals surface area contributed by atoms with E-state index in [1.54, 1.807) is 11.3 Å². The monoisotopic (exact) mass is 1180 g/mol. The zero-order valence-electron chi connectivity index (χ0n) is 49.2. The number of hydrogen-bond donors (Lipinski definition) is 0. The Morgan fingerprint density at radius 3 is 1.32 bits per heavy atom. The largest absolute Gasteiger partial charge is 0.309 e. The van der Waals surface area contributed by atoms with Crippen LogP contribution in [0.1, 0.15) is 17.4 Å². The van der Waals surface area contributed by atoms with Crippen molar-refractivity contribution in [3.8, 4) is 72.7 Å². The molecule has 0 radical (unpaired) electrons. The van der Waals surface area contributed by atoms with Crippen molar-refractivity contribution in [3.63, 3.8) is 0 Å². The van der Waals surface area contributed by atoms with Crippen molar-refractivity contribution in [2.24, 2.45) is 0 Å². The van der Waals surface area contributed by atoms with Crippen LogP contribution in [0.3, 0.4) is 0 Å². The van der Waals surface area contributed by atoms with Crippen molar-refractivity contribution in [3.05, 3.63) is 308 Å². The highest BCUT2D eigenvalue weighted by Gasteiger charge is 2.21. The number of aromatic nitrogens is 3. The molecule has 0 saturated heterocycles. The molecule has 0 N–H and O–H groups in total. The van der Waals surface area contributed by atoms with Gasteiger partial charge in [-0.2, -0.15) is 0 Å². The lowest BCUT2D eigenvalue weighted by Gasteiger charge is -2.17. The zero-order chi connectivity index (χ0) is 59.6. The summed E-state index contributed by atoms with van der Waals surface area (Å²) in [6.07, 6.45) is 6.36. The van der Waals surface area contributed by atoms with Crippen LogP contribution in [0.4, 0.5) is 0 Å². The van der Waals surface area contributed by atoms with Gasteiger partial charge in [-0.1, -0.05) is 189 Å². The van der Waals surface area contributed by atoms with Gasteiger partial charge in [0.2, 0.25) is 0 Å². The Hall–Kier alpha value is -11.1. The summed E-state index contributed by atoms with van der Waals surface area (Å²) in [5, 5.41) is 11.2. The van der Waals surface area contributed by atoms with Gasteiger partial charge in [-0.3, -0.25) is 0 Å². The van der Waals surface area contributed by atoms with E-state index in [1.165, 1.54) is 106 Å². The molecule has 0 saturated carbocycles. The van der Waals surface area contributed by atoms with E-state index in [9.17, 15) is 0 Å². The second-order valence-electron chi connectivity index (χ2n) is 23.6. The van der Waals surface area contributed by atoms with Gasteiger partial charge >= 0.3 is 0 Å². The first-order valence-electron chi connectivity index (χ1n) is 30.8. The van der Waals surface area contributed by atoms with Gasteiger partial charge in [-0.05, 0) is 189 Å². The fourth-order valence-electron chi connectivity index (χ4n) is 14.5. The molecular formula is C85H55N3S2. The van der Waals surface area contributed by atoms with Crippen LogP contribution >= 0.6 is 22.7 Å². The van der Waals surface area contributed by atoms with E-state index in [0.717, 1.165) is 72.6 Å². The summed E-state index contributed by atoms with van der Waals surface area (Å²) in [6.45, 7) is 6.33. The number of para-hydroxylation sites is 5. The highest BCUT2D eigenvalue weighted by molar-refractivity contribution is 7.26. The number of fused-ring (bicyclic) bond motifs is 13. The minimum atomic E-state index is 1.09. The Labute approximate surface area is 528 Å². The van der Waals surface area contributed by atoms with Crippen LogP contribution in [0.5, 0.6) is 0 Å². The molecule has 5 aromatic heterocycles. The molecule has 3 nitrogen and oxygen atoms in total. The Balaban J connectivity index is 0.880. The molecule has 0 aliphatic heterocycles. The van der Waals surface area contributed by atoms with Gasteiger partial charge in [0, 0.05) is 84.5 Å². The number of nitrogens with zero attached hydrogens (tertiary/aromatic N) is 3. The summed E-state index contributed by atoms with van der Waals surface area (Å²) < 4.78 is 11.2. The SMILES string of the molecule is C=Cc1sc2ccc(-c3cc(-c4cccc(-n5c6ccccc6c6ccccc65)c4)cc(-c4cc(-c5cccc(-c6cccc7c6sc6ccccc67)c5)cc(-n5c6ccccc6c6cc(-n7c8ccccc8c8ccccc87)ccc65)c4)c3)cc2c1/C=C\C. The summed E-state index contributed by atoms with van der Waals surface area (Å²) in [7, 11) is 0. The molecule has 0 bridgehead atoms. The molecular weight excluding hydrogens is 1130 g/mol. The quantitative estimate of drug-likeness (QED) is 0.130. The molecule has 18 aromatic rings. The Kier molecular flexibility index (Phi) is 12.0. The minimum Gasteiger partial charge on any atom is -0.309 e. The van der Waals surface area contributed by atoms with Crippen LogP contribution in [0, 0.1) is 0 Å². The lowest BCUT2D eigenvalue weighted by atomic mass is 9.90. The predicted octanol–water partition coefficient (Wildman–Crippen LogP) is 24.6. The Morgan fingerprint density at radius 2 is 0.711 bits per heavy atom. The van der Waals surface area contributed by atoms with E-state index in [4.69, 9.17) is 0 Å². The first kappa shape index (κ1) is 52.1. The zero-order valence-corrected chi connectivity index (χ0v) is 50.9. The molecule has 0 amide bonds. The highest BCUT2D eigenvalue weighted by atomic mass is 32.1. The Bertz CT molecular complexity index is 5920. The topological polar surface area (TPSA) is 14.8 Å². The van der Waals surface area contributed by atoms with Crippen molar-refractivity contribution >= 4 is 131 Å². The second-order valence-corrected chi connectivity index (χ2v) is 25.7. The number of thiophene rings is 2. The maximum absolute atomic E-state index is 4.23. The number of rotatable bonds is 10. The van der Waals surface area contributed by atoms with E-state index in [1.807, 2.05) is 17.4 Å². The lowest BCUT2D eigenvalue weighted by molar-refractivity contribution is 1.17. The molecule has 0 atom stereocenters. The predicted molar refractivity (Wildman–Crippen MR) is 390 cm³/mol. The molecule has 5 heterocycles. The van der Waals surface area contributed by atoms with Gasteiger partial charge in [0.05, 0.1) is 33.1 Å². The molecule has 0 fully saturated rings. The third kappa shape index (κ3) is 8.24. The van der Waals surface area contributed by atoms with Gasteiger partial charge in [0.1, 0.15) is 0 Å². The van der Waals surface area contributed by atoms with E-state index in [2.05, 4.69) is 324 Å². The average Bonchev–Trinajstić information content (AvgIpc) is 1.59. The molecule has 0 unspecified atom stereocenters. The molecule has 422 valence electrons. The molecule has 0 aliphatic carbocycles. The molecule has 0 spiro atoms. The second kappa shape index (κ2) is 20.8. The van der Waals surface area contributed by atoms with Crippen molar-refractivity contribution in [1.82, 2.24) is 13.7 Å². The van der Waals surface area contributed by atoms with Crippen LogP contribution in [0.25, 0.3) is 181 Å². The summed E-state index contributed by atoms with van der Waals surface area (Å²) >= 11 is 3.68. The first-order chi connectivity index (χ1) is 44.5. The number of hydrogen-bond acceptors (Lipinski definition) is 2. The summed E-state index contributed by atoms with van der Waals surface area (Å²) in [6, 6.07) is 107. The first-order valence-corrected chi connectivity index (χ1v) is 32.4. The minimum absolute atomic E-state index is 1.09. The average molecular weight is 1180 g/mol. The fraction of sp³-hybridized carbons (Fsp3) is 0.0118. The van der Waals surface area contributed by atoms with Crippen molar-refractivity contribution in [2.45, 2.75) is 6.92 Å². The maximum Gasteiger partial charge on any atom is 0.0542 e. The van der Waals surface area contributed by atoms with Crippen molar-refractivity contribution in [1.29, 1.82) is 0 Å². The molecule has 18 rings (SSSR count). The van der Waals surface area contributed by atoms with Crippen LogP contribution in [-0.4, -0.2) is 13.7 Å². The van der Waals surface area contributed by atoms with Crippen molar-refractivity contribution < 1.29 is 0 Å². The van der Waals surface area contributed by atoms with Gasteiger partial charge < -0.3 is 13.7 Å². The molecule has 90 heavy (non-hydrogen) atoms. The summed E-state index contributed by atoms with van der Waals surface area (Å²) in [4.78, 5) is 1.18. The number of benzene rings is 13.